The molecule has 0 aliphatic carbocycles. The molecule has 0 bridgehead atoms. The van der Waals surface area contributed by atoms with Gasteiger partial charge in [0.2, 0.25) is 0 Å². The van der Waals surface area contributed by atoms with Crippen molar-refractivity contribution in [3.05, 3.63) is 103 Å². The lowest BCUT2D eigenvalue weighted by atomic mass is 10.1. The maximum atomic E-state index is 12.9. The Hall–Kier alpha value is -4.52. The van der Waals surface area contributed by atoms with E-state index in [1.807, 2.05) is 71.6 Å². The van der Waals surface area contributed by atoms with Crippen molar-refractivity contribution < 1.29 is 19.1 Å². The van der Waals surface area contributed by atoms with E-state index in [1.54, 1.807) is 42.2 Å². The molecule has 0 radical (unpaired) electrons. The van der Waals surface area contributed by atoms with E-state index in [9.17, 15) is 9.59 Å². The predicted molar refractivity (Wildman–Crippen MR) is 135 cm³/mol. The van der Waals surface area contributed by atoms with Gasteiger partial charge >= 0.3 is 0 Å². The quantitative estimate of drug-likeness (QED) is 0.419. The number of carbonyl (C=O) groups excluding carboxylic acids is 2. The average molecular weight is 468 g/mol. The molecule has 1 unspecified atom stereocenters. The number of rotatable bonds is 7. The number of carbonyl (C=O) groups is 2. The highest BCUT2D eigenvalue weighted by Gasteiger charge is 2.31. The highest BCUT2D eigenvalue weighted by atomic mass is 16.5. The zero-order chi connectivity index (χ0) is 24.2. The smallest absolute Gasteiger partial charge is 0.267 e. The van der Waals surface area contributed by atoms with Crippen LogP contribution < -0.4 is 19.7 Å². The Labute approximate surface area is 203 Å². The molecule has 176 valence electrons. The van der Waals surface area contributed by atoms with Crippen LogP contribution in [0.15, 0.2) is 97.3 Å². The second kappa shape index (κ2) is 9.77. The Morgan fingerprint density at radius 1 is 0.971 bits per heavy atom. The standard InChI is InChI=1S/C28H25N3O4/c1-20-28(33)31(17-18-34-24-7-3-2-4-8-24)25-19-22(11-14-26(25)35-20)29-27(32)21-9-12-23(13-10-21)30-15-5-6-16-30/h2-16,19-20H,17-18H2,1H3,(H,29,32). The summed E-state index contributed by atoms with van der Waals surface area (Å²) in [7, 11) is 0. The fourth-order valence-corrected chi connectivity index (χ4v) is 3.98. The Bertz CT molecular complexity index is 1320. The molecule has 3 aromatic carbocycles. The largest absolute Gasteiger partial charge is 0.492 e. The van der Waals surface area contributed by atoms with Crippen molar-refractivity contribution in [2.45, 2.75) is 13.0 Å². The number of fused-ring (bicyclic) bond motifs is 1. The van der Waals surface area contributed by atoms with Crippen molar-refractivity contribution in [2.75, 3.05) is 23.4 Å². The summed E-state index contributed by atoms with van der Waals surface area (Å²) in [6.07, 6.45) is 3.30. The van der Waals surface area contributed by atoms with Crippen LogP contribution in [-0.4, -0.2) is 35.6 Å². The van der Waals surface area contributed by atoms with Crippen LogP contribution in [0, 0.1) is 0 Å². The van der Waals surface area contributed by atoms with Crippen molar-refractivity contribution in [3.8, 4) is 17.2 Å². The lowest BCUT2D eigenvalue weighted by Crippen LogP contribution is -2.46. The number of ether oxygens (including phenoxy) is 2. The monoisotopic (exact) mass is 467 g/mol. The number of benzene rings is 3. The number of para-hydroxylation sites is 1. The van der Waals surface area contributed by atoms with Gasteiger partial charge in [-0.05, 0) is 73.7 Å². The molecule has 1 aromatic heterocycles. The molecule has 0 saturated heterocycles. The minimum atomic E-state index is -0.599. The average Bonchev–Trinajstić information content (AvgIpc) is 3.42. The van der Waals surface area contributed by atoms with Gasteiger partial charge in [-0.2, -0.15) is 0 Å². The Morgan fingerprint density at radius 2 is 1.71 bits per heavy atom. The van der Waals surface area contributed by atoms with Crippen molar-refractivity contribution in [1.29, 1.82) is 0 Å². The molecule has 1 N–H and O–H groups in total. The molecule has 7 heteroatoms. The first kappa shape index (κ1) is 22.3. The van der Waals surface area contributed by atoms with Gasteiger partial charge < -0.3 is 24.3 Å². The highest BCUT2D eigenvalue weighted by molar-refractivity contribution is 6.05. The van der Waals surface area contributed by atoms with Gasteiger partial charge in [0.05, 0.1) is 12.2 Å². The maximum absolute atomic E-state index is 12.9. The van der Waals surface area contributed by atoms with E-state index >= 15 is 0 Å². The molecule has 1 aliphatic heterocycles. The third-order valence-corrected chi connectivity index (χ3v) is 5.78. The van der Waals surface area contributed by atoms with Gasteiger partial charge in [0.15, 0.2) is 6.10 Å². The maximum Gasteiger partial charge on any atom is 0.267 e. The van der Waals surface area contributed by atoms with Gasteiger partial charge in [0, 0.05) is 29.3 Å². The second-order valence-electron chi connectivity index (χ2n) is 8.19. The fourth-order valence-electron chi connectivity index (χ4n) is 3.98. The number of nitrogens with one attached hydrogen (secondary N) is 1. The molecule has 0 saturated carbocycles. The van der Waals surface area contributed by atoms with Crippen molar-refractivity contribution in [2.24, 2.45) is 0 Å². The lowest BCUT2D eigenvalue weighted by Gasteiger charge is -2.33. The van der Waals surface area contributed by atoms with E-state index in [-0.39, 0.29) is 11.8 Å². The zero-order valence-corrected chi connectivity index (χ0v) is 19.3. The first-order valence-corrected chi connectivity index (χ1v) is 11.4. The number of hydrogen-bond donors (Lipinski definition) is 1. The van der Waals surface area contributed by atoms with Crippen LogP contribution in [0.25, 0.3) is 5.69 Å². The normalized spacial score (nSPS) is 14.7. The van der Waals surface area contributed by atoms with Crippen LogP contribution >= 0.6 is 0 Å². The van der Waals surface area contributed by atoms with Crippen LogP contribution in [0.3, 0.4) is 0 Å². The third-order valence-electron chi connectivity index (χ3n) is 5.78. The molecule has 0 spiro atoms. The minimum Gasteiger partial charge on any atom is -0.492 e. The highest BCUT2D eigenvalue weighted by Crippen LogP contribution is 2.36. The number of amides is 2. The number of hydrogen-bond acceptors (Lipinski definition) is 4. The van der Waals surface area contributed by atoms with Gasteiger partial charge in [-0.15, -0.1) is 0 Å². The molecule has 4 aromatic rings. The summed E-state index contributed by atoms with van der Waals surface area (Å²) in [6, 6.07) is 26.0. The summed E-state index contributed by atoms with van der Waals surface area (Å²) < 4.78 is 13.5. The van der Waals surface area contributed by atoms with Crippen LogP contribution in [0.5, 0.6) is 11.5 Å². The summed E-state index contributed by atoms with van der Waals surface area (Å²) in [6.45, 7) is 2.41. The minimum absolute atomic E-state index is 0.154. The summed E-state index contributed by atoms with van der Waals surface area (Å²) >= 11 is 0. The lowest BCUT2D eigenvalue weighted by molar-refractivity contribution is -0.125. The summed E-state index contributed by atoms with van der Waals surface area (Å²) in [5, 5.41) is 2.92. The first-order valence-electron chi connectivity index (χ1n) is 11.4. The molecule has 35 heavy (non-hydrogen) atoms. The van der Waals surface area contributed by atoms with Gasteiger partial charge in [0.25, 0.3) is 11.8 Å². The number of aromatic nitrogens is 1. The van der Waals surface area contributed by atoms with Crippen LogP contribution in [0.4, 0.5) is 11.4 Å². The van der Waals surface area contributed by atoms with Gasteiger partial charge in [-0.3, -0.25) is 9.59 Å². The van der Waals surface area contributed by atoms with Crippen molar-refractivity contribution >= 4 is 23.2 Å². The van der Waals surface area contributed by atoms with E-state index in [1.165, 1.54) is 0 Å². The van der Waals surface area contributed by atoms with Crippen molar-refractivity contribution in [3.63, 3.8) is 0 Å². The molecule has 1 atom stereocenters. The topological polar surface area (TPSA) is 72.8 Å². The molecular formula is C28H25N3O4. The van der Waals surface area contributed by atoms with Gasteiger partial charge in [0.1, 0.15) is 18.1 Å². The predicted octanol–water partition coefficient (Wildman–Crippen LogP) is 4.92. The van der Waals surface area contributed by atoms with Crippen LogP contribution in [-0.2, 0) is 4.79 Å². The summed E-state index contributed by atoms with van der Waals surface area (Å²) in [5.41, 5.74) is 2.68. The van der Waals surface area contributed by atoms with E-state index in [0.717, 1.165) is 11.4 Å². The number of anilines is 2. The van der Waals surface area contributed by atoms with Crippen molar-refractivity contribution in [1.82, 2.24) is 4.57 Å². The van der Waals surface area contributed by atoms with E-state index in [2.05, 4.69) is 5.32 Å². The van der Waals surface area contributed by atoms with Gasteiger partial charge in [-0.25, -0.2) is 0 Å². The van der Waals surface area contributed by atoms with Crippen LogP contribution in [0.2, 0.25) is 0 Å². The molecule has 2 amide bonds. The summed E-state index contributed by atoms with van der Waals surface area (Å²) in [4.78, 5) is 27.4. The van der Waals surface area contributed by atoms with E-state index in [0.29, 0.717) is 35.8 Å². The zero-order valence-electron chi connectivity index (χ0n) is 19.3. The molecule has 7 nitrogen and oxygen atoms in total. The summed E-state index contributed by atoms with van der Waals surface area (Å²) in [5.74, 6) is 0.939. The second-order valence-corrected chi connectivity index (χ2v) is 8.19. The SMILES string of the molecule is CC1Oc2ccc(NC(=O)c3ccc(-n4cccc4)cc3)cc2N(CCOc2ccccc2)C1=O. The molecule has 0 fully saturated rings. The molecule has 1 aliphatic rings. The van der Waals surface area contributed by atoms with E-state index in [4.69, 9.17) is 9.47 Å². The molecular weight excluding hydrogens is 442 g/mol. The van der Waals surface area contributed by atoms with Crippen LogP contribution in [0.1, 0.15) is 17.3 Å². The Kier molecular flexibility index (Phi) is 6.22. The Morgan fingerprint density at radius 3 is 2.46 bits per heavy atom. The van der Waals surface area contributed by atoms with E-state index < -0.39 is 6.10 Å². The van der Waals surface area contributed by atoms with Gasteiger partial charge in [-0.1, -0.05) is 18.2 Å². The fraction of sp³-hybridized carbons (Fsp3) is 0.143. The third kappa shape index (κ3) is 4.89. The molecule has 2 heterocycles. The Balaban J connectivity index is 1.30. The first-order chi connectivity index (χ1) is 17.1. The number of nitrogens with zero attached hydrogens (tertiary/aromatic N) is 2. The molecule has 5 rings (SSSR count).